The van der Waals surface area contributed by atoms with Gasteiger partial charge in [0.1, 0.15) is 0 Å². The van der Waals surface area contributed by atoms with Crippen molar-refractivity contribution in [2.75, 3.05) is 0 Å². The van der Waals surface area contributed by atoms with Crippen LogP contribution in [0.4, 0.5) is 11.4 Å². The van der Waals surface area contributed by atoms with Gasteiger partial charge in [0.2, 0.25) is 0 Å². The zero-order chi connectivity index (χ0) is 21.8. The minimum Gasteiger partial charge on any atom is -0.314 e. The summed E-state index contributed by atoms with van der Waals surface area (Å²) in [6.07, 6.45) is 2.14. The molecule has 0 fully saturated rings. The minimum atomic E-state index is -0.343. The summed E-state index contributed by atoms with van der Waals surface area (Å²) in [6.45, 7) is 10.8. The van der Waals surface area contributed by atoms with Crippen LogP contribution in [0, 0.1) is 29.9 Å². The Morgan fingerprint density at radius 1 is 1.07 bits per heavy atom. The van der Waals surface area contributed by atoms with Crippen molar-refractivity contribution in [1.29, 1.82) is 0 Å². The molecule has 0 radical (unpaired) electrons. The van der Waals surface area contributed by atoms with Crippen LogP contribution in [0.1, 0.15) is 50.8 Å². The maximum atomic E-state index is 11.3. The van der Waals surface area contributed by atoms with E-state index in [4.69, 9.17) is 4.99 Å². The summed E-state index contributed by atoms with van der Waals surface area (Å²) in [5.41, 5.74) is 5.20. The first kappa shape index (κ1) is 22.0. The van der Waals surface area contributed by atoms with E-state index in [1.54, 1.807) is 23.5 Å². The Balaban J connectivity index is 2.18. The highest BCUT2D eigenvalue weighted by Crippen LogP contribution is 2.30. The second-order valence-electron chi connectivity index (χ2n) is 8.25. The van der Waals surface area contributed by atoms with Gasteiger partial charge in [0.15, 0.2) is 4.80 Å². The van der Waals surface area contributed by atoms with Crippen LogP contribution in [0.2, 0.25) is 0 Å². The summed E-state index contributed by atoms with van der Waals surface area (Å²) in [5, 5.41) is 13.4. The van der Waals surface area contributed by atoms with E-state index in [-0.39, 0.29) is 16.7 Å². The van der Waals surface area contributed by atoms with E-state index in [1.165, 1.54) is 6.07 Å². The Hall–Kier alpha value is -2.73. The van der Waals surface area contributed by atoms with Crippen molar-refractivity contribution in [2.24, 2.45) is 10.9 Å². The van der Waals surface area contributed by atoms with Gasteiger partial charge in [-0.1, -0.05) is 44.2 Å². The third-order valence-corrected chi connectivity index (χ3v) is 6.18. The third-order valence-electron chi connectivity index (χ3n) is 5.34. The van der Waals surface area contributed by atoms with E-state index in [0.717, 1.165) is 45.7 Å². The fraction of sp³-hybridized carbons (Fsp3) is 0.375. The van der Waals surface area contributed by atoms with Gasteiger partial charge >= 0.3 is 0 Å². The number of non-ortho nitro benzene ring substituents is 1. The van der Waals surface area contributed by atoms with Crippen molar-refractivity contribution >= 4 is 22.7 Å². The van der Waals surface area contributed by atoms with E-state index in [9.17, 15) is 10.1 Å². The molecule has 3 aromatic rings. The molecular weight excluding hydrogens is 394 g/mol. The Morgan fingerprint density at radius 2 is 1.73 bits per heavy atom. The molecule has 0 bridgehead atoms. The van der Waals surface area contributed by atoms with Gasteiger partial charge in [0.05, 0.1) is 16.3 Å². The lowest BCUT2D eigenvalue weighted by Crippen LogP contribution is -2.20. The topological polar surface area (TPSA) is 60.4 Å². The highest BCUT2D eigenvalue weighted by molar-refractivity contribution is 7.07. The van der Waals surface area contributed by atoms with Gasteiger partial charge in [-0.15, -0.1) is 11.3 Å². The standard InChI is InChI=1S/C24H29N3O2S/c1-16(2)12-13-19(5)26-22(20-10-7-11-21(14-20)27(28)29)15-30-24(26)25-23-17(3)8-6-9-18(23)4/h6-11,14-16,19H,12-13H2,1-5H3. The highest BCUT2D eigenvalue weighted by atomic mass is 32.1. The Labute approximate surface area is 181 Å². The number of benzene rings is 2. The maximum Gasteiger partial charge on any atom is 0.270 e. The molecule has 158 valence electrons. The summed E-state index contributed by atoms with van der Waals surface area (Å²) in [7, 11) is 0. The predicted molar refractivity (Wildman–Crippen MR) is 124 cm³/mol. The maximum absolute atomic E-state index is 11.3. The number of rotatable bonds is 7. The molecule has 1 atom stereocenters. The molecule has 2 aromatic carbocycles. The van der Waals surface area contributed by atoms with Crippen LogP contribution < -0.4 is 4.80 Å². The number of hydrogen-bond donors (Lipinski definition) is 0. The molecule has 0 amide bonds. The van der Waals surface area contributed by atoms with E-state index in [2.05, 4.69) is 56.7 Å². The zero-order valence-corrected chi connectivity index (χ0v) is 19.1. The van der Waals surface area contributed by atoms with Crippen LogP contribution in [0.3, 0.4) is 0 Å². The number of aryl methyl sites for hydroxylation is 2. The van der Waals surface area contributed by atoms with Gasteiger partial charge in [0, 0.05) is 29.1 Å². The van der Waals surface area contributed by atoms with Crippen molar-refractivity contribution in [2.45, 2.75) is 53.5 Å². The normalized spacial score (nSPS) is 13.1. The largest absolute Gasteiger partial charge is 0.314 e. The van der Waals surface area contributed by atoms with E-state index in [1.807, 2.05) is 12.1 Å². The van der Waals surface area contributed by atoms with E-state index < -0.39 is 0 Å². The molecule has 30 heavy (non-hydrogen) atoms. The van der Waals surface area contributed by atoms with Crippen molar-refractivity contribution in [3.05, 3.63) is 73.9 Å². The number of nitro groups is 1. The highest BCUT2D eigenvalue weighted by Gasteiger charge is 2.17. The van der Waals surface area contributed by atoms with Gasteiger partial charge in [-0.2, -0.15) is 0 Å². The SMILES string of the molecule is Cc1cccc(C)c1N=c1scc(-c2cccc([N+](=O)[O-])c2)n1C(C)CCC(C)C. The number of nitro benzene ring substituents is 1. The quantitative estimate of drug-likeness (QED) is 0.304. The van der Waals surface area contributed by atoms with Crippen molar-refractivity contribution < 1.29 is 4.92 Å². The first-order valence-corrected chi connectivity index (χ1v) is 11.2. The fourth-order valence-corrected chi connectivity index (χ4v) is 4.60. The van der Waals surface area contributed by atoms with Crippen molar-refractivity contribution in [3.8, 4) is 11.3 Å². The van der Waals surface area contributed by atoms with Gasteiger partial charge < -0.3 is 4.57 Å². The van der Waals surface area contributed by atoms with Gasteiger partial charge in [-0.05, 0) is 50.7 Å². The molecule has 0 aliphatic rings. The van der Waals surface area contributed by atoms with E-state index >= 15 is 0 Å². The molecule has 1 unspecified atom stereocenters. The average Bonchev–Trinajstić information content (AvgIpc) is 3.13. The lowest BCUT2D eigenvalue weighted by Gasteiger charge is -2.18. The molecule has 0 N–H and O–H groups in total. The van der Waals surface area contributed by atoms with E-state index in [0.29, 0.717) is 5.92 Å². The molecule has 0 saturated carbocycles. The van der Waals surface area contributed by atoms with Crippen LogP contribution >= 0.6 is 11.3 Å². The van der Waals surface area contributed by atoms with Crippen LogP contribution in [0.25, 0.3) is 11.3 Å². The first-order valence-electron chi connectivity index (χ1n) is 10.3. The minimum absolute atomic E-state index is 0.105. The van der Waals surface area contributed by atoms with Gasteiger partial charge in [0.25, 0.3) is 5.69 Å². The smallest absolute Gasteiger partial charge is 0.270 e. The zero-order valence-electron chi connectivity index (χ0n) is 18.3. The number of nitrogens with zero attached hydrogens (tertiary/aromatic N) is 3. The molecule has 0 saturated heterocycles. The summed E-state index contributed by atoms with van der Waals surface area (Å²) in [5.74, 6) is 0.618. The van der Waals surface area contributed by atoms with Crippen LogP contribution in [-0.2, 0) is 0 Å². The van der Waals surface area contributed by atoms with Gasteiger partial charge in [-0.3, -0.25) is 10.1 Å². The Morgan fingerprint density at radius 3 is 2.37 bits per heavy atom. The van der Waals surface area contributed by atoms with Crippen LogP contribution in [0.5, 0.6) is 0 Å². The Kier molecular flexibility index (Phi) is 6.87. The van der Waals surface area contributed by atoms with Crippen LogP contribution in [-0.4, -0.2) is 9.49 Å². The van der Waals surface area contributed by atoms with Gasteiger partial charge in [-0.25, -0.2) is 4.99 Å². The molecular formula is C24H29N3O2S. The average molecular weight is 424 g/mol. The fourth-order valence-electron chi connectivity index (χ4n) is 3.60. The molecule has 1 aromatic heterocycles. The molecule has 0 spiro atoms. The number of hydrogen-bond acceptors (Lipinski definition) is 4. The molecule has 1 heterocycles. The molecule has 6 heteroatoms. The predicted octanol–water partition coefficient (Wildman–Crippen LogP) is 6.97. The molecule has 0 aliphatic carbocycles. The lowest BCUT2D eigenvalue weighted by atomic mass is 10.0. The third kappa shape index (κ3) is 4.87. The van der Waals surface area contributed by atoms with Crippen LogP contribution in [0.15, 0.2) is 52.8 Å². The number of para-hydroxylation sites is 1. The first-order chi connectivity index (χ1) is 14.3. The monoisotopic (exact) mass is 423 g/mol. The number of thiazole rings is 1. The molecule has 3 rings (SSSR count). The summed E-state index contributed by atoms with van der Waals surface area (Å²) >= 11 is 1.59. The molecule has 5 nitrogen and oxygen atoms in total. The second-order valence-corrected chi connectivity index (χ2v) is 9.09. The summed E-state index contributed by atoms with van der Waals surface area (Å²) in [4.78, 5) is 16.9. The van der Waals surface area contributed by atoms with Crippen molar-refractivity contribution in [3.63, 3.8) is 0 Å². The Bertz CT molecular complexity index is 1090. The summed E-state index contributed by atoms with van der Waals surface area (Å²) in [6, 6.07) is 13.3. The summed E-state index contributed by atoms with van der Waals surface area (Å²) < 4.78 is 2.25. The second kappa shape index (κ2) is 9.39. The lowest BCUT2D eigenvalue weighted by molar-refractivity contribution is -0.384. The molecule has 0 aliphatic heterocycles. The van der Waals surface area contributed by atoms with Crippen molar-refractivity contribution in [1.82, 2.24) is 4.57 Å². The number of aromatic nitrogens is 1.